The van der Waals surface area contributed by atoms with Gasteiger partial charge in [-0.1, -0.05) is 31.4 Å². The summed E-state index contributed by atoms with van der Waals surface area (Å²) in [5, 5.41) is 0.859. The lowest BCUT2D eigenvalue weighted by atomic mass is 9.96. The monoisotopic (exact) mass is 342 g/mol. The van der Waals surface area contributed by atoms with E-state index in [0.717, 1.165) is 31.2 Å². The van der Waals surface area contributed by atoms with E-state index in [0.29, 0.717) is 0 Å². The Balaban J connectivity index is 1.80. The van der Waals surface area contributed by atoms with E-state index >= 15 is 0 Å². The molecule has 2 fully saturated rings. The summed E-state index contributed by atoms with van der Waals surface area (Å²) in [6.45, 7) is 0.112. The van der Waals surface area contributed by atoms with Crippen LogP contribution in [0.3, 0.4) is 0 Å². The number of nitrogens with one attached hydrogen (secondary N) is 1. The summed E-state index contributed by atoms with van der Waals surface area (Å²) in [6, 6.07) is 5.52. The highest BCUT2D eigenvalue weighted by atomic mass is 32.2. The number of rotatable bonds is 4. The van der Waals surface area contributed by atoms with Gasteiger partial charge in [-0.2, -0.15) is 5.06 Å². The first-order valence-electron chi connectivity index (χ1n) is 8.10. The quantitative estimate of drug-likeness (QED) is 0.913. The van der Waals surface area contributed by atoms with E-state index in [9.17, 15) is 12.8 Å². The zero-order valence-electron chi connectivity index (χ0n) is 13.2. The molecule has 0 spiro atoms. The highest BCUT2D eigenvalue weighted by molar-refractivity contribution is 7.90. The number of hydrogen-bond donors (Lipinski definition) is 1. The minimum absolute atomic E-state index is 0.0218. The summed E-state index contributed by atoms with van der Waals surface area (Å²) in [5.74, 6) is -0.338. The molecule has 2 aliphatic rings. The number of sulfonamides is 1. The van der Waals surface area contributed by atoms with Gasteiger partial charge in [0.25, 0.3) is 0 Å². The molecule has 2 atom stereocenters. The van der Waals surface area contributed by atoms with Crippen molar-refractivity contribution in [2.24, 2.45) is 0 Å². The van der Waals surface area contributed by atoms with E-state index in [1.807, 2.05) is 0 Å². The molecule has 3 rings (SSSR count). The van der Waals surface area contributed by atoms with Crippen molar-refractivity contribution in [1.29, 1.82) is 0 Å². The van der Waals surface area contributed by atoms with Crippen molar-refractivity contribution in [2.75, 3.05) is 13.7 Å². The molecular weight excluding hydrogens is 319 g/mol. The Morgan fingerprint density at radius 3 is 2.48 bits per heavy atom. The Morgan fingerprint density at radius 2 is 1.83 bits per heavy atom. The van der Waals surface area contributed by atoms with Crippen molar-refractivity contribution in [3.8, 4) is 0 Å². The predicted molar refractivity (Wildman–Crippen MR) is 85.6 cm³/mol. The Morgan fingerprint density at radius 1 is 1.17 bits per heavy atom. The van der Waals surface area contributed by atoms with Crippen molar-refractivity contribution in [3.05, 3.63) is 35.6 Å². The SMILES string of the molecule is CN1OC[C@H](S(=O)(=O)NC2CCCCC2)[C@@H]1c1ccc(F)cc1. The Labute approximate surface area is 136 Å². The van der Waals surface area contributed by atoms with Crippen molar-refractivity contribution < 1.29 is 17.6 Å². The van der Waals surface area contributed by atoms with Crippen LogP contribution in [0.4, 0.5) is 4.39 Å². The lowest BCUT2D eigenvalue weighted by Gasteiger charge is -2.27. The van der Waals surface area contributed by atoms with Crippen LogP contribution in [-0.4, -0.2) is 38.4 Å². The Hall–Kier alpha value is -1.02. The summed E-state index contributed by atoms with van der Waals surface area (Å²) in [5.41, 5.74) is 0.741. The predicted octanol–water partition coefficient (Wildman–Crippen LogP) is 2.36. The molecule has 0 radical (unpaired) electrons. The molecule has 1 saturated heterocycles. The fourth-order valence-electron chi connectivity index (χ4n) is 3.48. The van der Waals surface area contributed by atoms with Crippen LogP contribution in [0, 0.1) is 5.82 Å². The van der Waals surface area contributed by atoms with Gasteiger partial charge in [0.05, 0.1) is 12.6 Å². The number of benzene rings is 1. The molecular formula is C16H23FN2O3S. The second kappa shape index (κ2) is 6.84. The third-order valence-corrected chi connectivity index (χ3v) is 6.59. The van der Waals surface area contributed by atoms with Gasteiger partial charge in [0, 0.05) is 13.1 Å². The van der Waals surface area contributed by atoms with Crippen molar-refractivity contribution in [3.63, 3.8) is 0 Å². The first-order valence-corrected chi connectivity index (χ1v) is 9.64. The molecule has 0 unspecified atom stereocenters. The van der Waals surface area contributed by atoms with E-state index in [1.165, 1.54) is 18.6 Å². The van der Waals surface area contributed by atoms with Crippen LogP contribution < -0.4 is 4.72 Å². The smallest absolute Gasteiger partial charge is 0.219 e. The average molecular weight is 342 g/mol. The first-order chi connectivity index (χ1) is 11.0. The van der Waals surface area contributed by atoms with E-state index in [4.69, 9.17) is 4.84 Å². The molecule has 7 heteroatoms. The van der Waals surface area contributed by atoms with Crippen LogP contribution in [0.15, 0.2) is 24.3 Å². The third-order valence-electron chi connectivity index (χ3n) is 4.73. The van der Waals surface area contributed by atoms with Crippen LogP contribution in [0.2, 0.25) is 0 Å². The molecule has 1 aliphatic heterocycles. The maximum atomic E-state index is 13.1. The molecule has 128 valence electrons. The highest BCUT2D eigenvalue weighted by Gasteiger charge is 2.43. The third kappa shape index (κ3) is 3.74. The summed E-state index contributed by atoms with van der Waals surface area (Å²) in [4.78, 5) is 5.46. The molecule has 0 amide bonds. The second-order valence-electron chi connectivity index (χ2n) is 6.37. The summed E-state index contributed by atoms with van der Waals surface area (Å²) in [6.07, 6.45) is 5.09. The van der Waals surface area contributed by atoms with Gasteiger partial charge in [-0.25, -0.2) is 17.5 Å². The van der Waals surface area contributed by atoms with E-state index in [1.54, 1.807) is 24.2 Å². The zero-order valence-corrected chi connectivity index (χ0v) is 14.1. The van der Waals surface area contributed by atoms with Crippen LogP contribution in [0.1, 0.15) is 43.7 Å². The molecule has 1 aromatic rings. The minimum atomic E-state index is -3.51. The van der Waals surface area contributed by atoms with Gasteiger partial charge in [-0.15, -0.1) is 0 Å². The van der Waals surface area contributed by atoms with Crippen LogP contribution in [-0.2, 0) is 14.9 Å². The standard InChI is InChI=1S/C16H23FN2O3S/c1-19-16(12-7-9-13(17)10-8-12)15(11-22-19)23(20,21)18-14-5-3-2-4-6-14/h7-10,14-16,18H,2-6,11H2,1H3/t15-,16-/m0/s1. The lowest BCUT2D eigenvalue weighted by Crippen LogP contribution is -2.44. The first kappa shape index (κ1) is 16.8. The summed E-state index contributed by atoms with van der Waals surface area (Å²) < 4.78 is 41.6. The number of hydrogen-bond acceptors (Lipinski definition) is 4. The molecule has 5 nitrogen and oxygen atoms in total. The molecule has 1 aromatic carbocycles. The molecule has 1 saturated carbocycles. The van der Waals surface area contributed by atoms with Gasteiger partial charge in [0.2, 0.25) is 10.0 Å². The van der Waals surface area contributed by atoms with Gasteiger partial charge in [0.15, 0.2) is 0 Å². The zero-order chi connectivity index (χ0) is 16.4. The number of hydroxylamine groups is 2. The van der Waals surface area contributed by atoms with E-state index in [-0.39, 0.29) is 18.5 Å². The molecule has 1 heterocycles. The molecule has 1 N–H and O–H groups in total. The average Bonchev–Trinajstić information content (AvgIpc) is 2.91. The number of nitrogens with zero attached hydrogens (tertiary/aromatic N) is 1. The number of halogens is 1. The molecule has 0 aromatic heterocycles. The van der Waals surface area contributed by atoms with Crippen LogP contribution in [0.25, 0.3) is 0 Å². The van der Waals surface area contributed by atoms with Crippen molar-refractivity contribution in [1.82, 2.24) is 9.79 Å². The van der Waals surface area contributed by atoms with Crippen molar-refractivity contribution >= 4 is 10.0 Å². The normalized spacial score (nSPS) is 27.4. The fourth-order valence-corrected chi connectivity index (χ4v) is 5.26. The van der Waals surface area contributed by atoms with Gasteiger partial charge in [-0.3, -0.25) is 4.84 Å². The molecule has 0 bridgehead atoms. The minimum Gasteiger partial charge on any atom is -0.297 e. The summed E-state index contributed by atoms with van der Waals surface area (Å²) in [7, 11) is -1.80. The maximum Gasteiger partial charge on any atom is 0.219 e. The van der Waals surface area contributed by atoms with Crippen LogP contribution in [0.5, 0.6) is 0 Å². The Bertz CT molecular complexity index is 629. The van der Waals surface area contributed by atoms with Gasteiger partial charge < -0.3 is 0 Å². The molecule has 23 heavy (non-hydrogen) atoms. The maximum absolute atomic E-state index is 13.1. The van der Waals surface area contributed by atoms with Gasteiger partial charge in [0.1, 0.15) is 11.1 Å². The van der Waals surface area contributed by atoms with Crippen molar-refractivity contribution in [2.45, 2.75) is 49.4 Å². The Kier molecular flexibility index (Phi) is 5.01. The van der Waals surface area contributed by atoms with E-state index in [2.05, 4.69) is 4.72 Å². The largest absolute Gasteiger partial charge is 0.297 e. The van der Waals surface area contributed by atoms with Gasteiger partial charge >= 0.3 is 0 Å². The molecule has 1 aliphatic carbocycles. The van der Waals surface area contributed by atoms with E-state index < -0.39 is 21.3 Å². The second-order valence-corrected chi connectivity index (χ2v) is 8.31. The van der Waals surface area contributed by atoms with Gasteiger partial charge in [-0.05, 0) is 30.5 Å². The lowest BCUT2D eigenvalue weighted by molar-refractivity contribution is -0.110. The highest BCUT2D eigenvalue weighted by Crippen LogP contribution is 2.33. The van der Waals surface area contributed by atoms with Crippen LogP contribution >= 0.6 is 0 Å². The fraction of sp³-hybridized carbons (Fsp3) is 0.625. The summed E-state index contributed by atoms with van der Waals surface area (Å²) >= 11 is 0. The topological polar surface area (TPSA) is 58.6 Å².